The van der Waals surface area contributed by atoms with E-state index in [0.717, 1.165) is 24.1 Å². The number of nitrogens with one attached hydrogen (secondary N) is 1. The van der Waals surface area contributed by atoms with E-state index in [-0.39, 0.29) is 5.97 Å². The van der Waals surface area contributed by atoms with Gasteiger partial charge in [0, 0.05) is 24.8 Å². The summed E-state index contributed by atoms with van der Waals surface area (Å²) in [5.74, 6) is -0.304. The minimum absolute atomic E-state index is 0.304. The first-order chi connectivity index (χ1) is 10.2. The molecule has 1 aromatic carbocycles. The smallest absolute Gasteiger partial charge is 0.327 e. The number of carbonyl (C=O) groups excluding carboxylic acids is 1. The van der Waals surface area contributed by atoms with Crippen LogP contribution in [0.25, 0.3) is 0 Å². The van der Waals surface area contributed by atoms with Crippen LogP contribution in [-0.2, 0) is 22.6 Å². The second kappa shape index (κ2) is 7.59. The molecule has 21 heavy (non-hydrogen) atoms. The second-order valence-electron chi connectivity index (χ2n) is 4.86. The van der Waals surface area contributed by atoms with Gasteiger partial charge in [0.2, 0.25) is 0 Å². The predicted octanol–water partition coefficient (Wildman–Crippen LogP) is 2.30. The van der Waals surface area contributed by atoms with Crippen LogP contribution in [0.4, 0.5) is 0 Å². The maximum Gasteiger partial charge on any atom is 0.327 e. The first-order valence-electron chi connectivity index (χ1n) is 7.12. The van der Waals surface area contributed by atoms with Crippen molar-refractivity contribution in [1.29, 1.82) is 0 Å². The zero-order chi connectivity index (χ0) is 15.1. The molecule has 0 aliphatic heterocycles. The number of hydrogen-bond donors (Lipinski definition) is 1. The highest BCUT2D eigenvalue weighted by Crippen LogP contribution is 2.15. The number of carbonyl (C=O) groups is 1. The van der Waals surface area contributed by atoms with Gasteiger partial charge in [-0.2, -0.15) is 5.10 Å². The lowest BCUT2D eigenvalue weighted by molar-refractivity contribution is -0.143. The number of nitrogens with zero attached hydrogens (tertiary/aromatic N) is 2. The van der Waals surface area contributed by atoms with E-state index in [1.165, 1.54) is 7.11 Å². The van der Waals surface area contributed by atoms with Crippen LogP contribution in [-0.4, -0.2) is 22.9 Å². The standard InChI is InChI=1S/C16H21N3O2/c1-3-9-19-12-14(11-18-19)15(16(20)21-2)17-10-13-7-5-4-6-8-13/h4-8,11-12,15,17H,3,9-10H2,1-2H3. The third-order valence-corrected chi connectivity index (χ3v) is 3.23. The van der Waals surface area contributed by atoms with Gasteiger partial charge < -0.3 is 4.74 Å². The summed E-state index contributed by atoms with van der Waals surface area (Å²) in [5, 5.41) is 7.50. The number of aromatic nitrogens is 2. The van der Waals surface area contributed by atoms with Crippen molar-refractivity contribution in [3.05, 3.63) is 53.9 Å². The Morgan fingerprint density at radius 3 is 2.81 bits per heavy atom. The van der Waals surface area contributed by atoms with Gasteiger partial charge in [-0.3, -0.25) is 10.00 Å². The topological polar surface area (TPSA) is 56.2 Å². The number of rotatable bonds is 7. The van der Waals surface area contributed by atoms with Crippen LogP contribution in [0.5, 0.6) is 0 Å². The van der Waals surface area contributed by atoms with Gasteiger partial charge in [-0.15, -0.1) is 0 Å². The maximum atomic E-state index is 12.0. The summed E-state index contributed by atoms with van der Waals surface area (Å²) in [6.45, 7) is 3.53. The van der Waals surface area contributed by atoms with Gasteiger partial charge in [0.15, 0.2) is 0 Å². The summed E-state index contributed by atoms with van der Waals surface area (Å²) in [4.78, 5) is 12.0. The lowest BCUT2D eigenvalue weighted by Gasteiger charge is -2.15. The molecule has 1 unspecified atom stereocenters. The molecule has 0 spiro atoms. The van der Waals surface area contributed by atoms with Crippen LogP contribution in [0.1, 0.15) is 30.5 Å². The van der Waals surface area contributed by atoms with Crippen molar-refractivity contribution in [2.75, 3.05) is 7.11 Å². The van der Waals surface area contributed by atoms with Gasteiger partial charge in [0.25, 0.3) is 0 Å². The Labute approximate surface area is 124 Å². The van der Waals surface area contributed by atoms with Gasteiger partial charge in [-0.05, 0) is 12.0 Å². The molecule has 1 heterocycles. The maximum absolute atomic E-state index is 12.0. The lowest BCUT2D eigenvalue weighted by atomic mass is 10.1. The van der Waals surface area contributed by atoms with Gasteiger partial charge in [0.05, 0.1) is 13.3 Å². The second-order valence-corrected chi connectivity index (χ2v) is 4.86. The van der Waals surface area contributed by atoms with Crippen LogP contribution >= 0.6 is 0 Å². The number of esters is 1. The van der Waals surface area contributed by atoms with Gasteiger partial charge >= 0.3 is 5.97 Å². The summed E-state index contributed by atoms with van der Waals surface area (Å²) < 4.78 is 6.73. The van der Waals surface area contributed by atoms with E-state index in [4.69, 9.17) is 4.74 Å². The minimum Gasteiger partial charge on any atom is -0.468 e. The van der Waals surface area contributed by atoms with Crippen molar-refractivity contribution in [2.24, 2.45) is 0 Å². The molecule has 0 aliphatic carbocycles. The third kappa shape index (κ3) is 4.16. The van der Waals surface area contributed by atoms with E-state index in [2.05, 4.69) is 17.3 Å². The number of ether oxygens (including phenoxy) is 1. The molecular formula is C16H21N3O2. The highest BCUT2D eigenvalue weighted by Gasteiger charge is 2.22. The zero-order valence-corrected chi connectivity index (χ0v) is 12.5. The van der Waals surface area contributed by atoms with Crippen LogP contribution in [0, 0.1) is 0 Å². The molecule has 112 valence electrons. The molecule has 0 aliphatic rings. The SMILES string of the molecule is CCCn1cc(C(NCc2ccccc2)C(=O)OC)cn1. The fraction of sp³-hybridized carbons (Fsp3) is 0.375. The van der Waals surface area contributed by atoms with Gasteiger partial charge in [-0.25, -0.2) is 4.79 Å². The molecule has 0 saturated heterocycles. The summed E-state index contributed by atoms with van der Waals surface area (Å²) in [6.07, 6.45) is 4.61. The van der Waals surface area contributed by atoms with E-state index in [0.29, 0.717) is 6.54 Å². The fourth-order valence-electron chi connectivity index (χ4n) is 2.15. The van der Waals surface area contributed by atoms with Crippen LogP contribution in [0.15, 0.2) is 42.7 Å². The van der Waals surface area contributed by atoms with Crippen LogP contribution in [0.2, 0.25) is 0 Å². The van der Waals surface area contributed by atoms with Crippen molar-refractivity contribution in [3.63, 3.8) is 0 Å². The molecule has 1 N–H and O–H groups in total. The molecule has 5 heteroatoms. The molecule has 5 nitrogen and oxygen atoms in total. The van der Waals surface area contributed by atoms with Gasteiger partial charge in [0.1, 0.15) is 6.04 Å². The van der Waals surface area contributed by atoms with E-state index in [1.807, 2.05) is 41.2 Å². The summed E-state index contributed by atoms with van der Waals surface area (Å²) in [6, 6.07) is 9.45. The Morgan fingerprint density at radius 2 is 2.14 bits per heavy atom. The molecule has 0 radical (unpaired) electrons. The number of hydrogen-bond acceptors (Lipinski definition) is 4. The van der Waals surface area contributed by atoms with E-state index >= 15 is 0 Å². The highest BCUT2D eigenvalue weighted by atomic mass is 16.5. The Bertz CT molecular complexity index is 566. The molecule has 2 rings (SSSR count). The molecular weight excluding hydrogens is 266 g/mol. The molecule has 0 fully saturated rings. The van der Waals surface area contributed by atoms with E-state index in [9.17, 15) is 4.79 Å². The summed E-state index contributed by atoms with van der Waals surface area (Å²) >= 11 is 0. The first kappa shape index (κ1) is 15.3. The lowest BCUT2D eigenvalue weighted by Crippen LogP contribution is -2.29. The normalized spacial score (nSPS) is 12.1. The van der Waals surface area contributed by atoms with Crippen LogP contribution < -0.4 is 5.32 Å². The van der Waals surface area contributed by atoms with Crippen molar-refractivity contribution < 1.29 is 9.53 Å². The fourth-order valence-corrected chi connectivity index (χ4v) is 2.15. The molecule has 0 bridgehead atoms. The van der Waals surface area contributed by atoms with Gasteiger partial charge in [-0.1, -0.05) is 37.3 Å². The van der Waals surface area contributed by atoms with Crippen LogP contribution in [0.3, 0.4) is 0 Å². The van der Waals surface area contributed by atoms with Crippen molar-refractivity contribution in [3.8, 4) is 0 Å². The Balaban J connectivity index is 2.08. The molecule has 0 amide bonds. The quantitative estimate of drug-likeness (QED) is 0.794. The molecule has 1 atom stereocenters. The average Bonchev–Trinajstić information content (AvgIpc) is 2.97. The largest absolute Gasteiger partial charge is 0.468 e. The van der Waals surface area contributed by atoms with Crippen molar-refractivity contribution in [2.45, 2.75) is 32.5 Å². The predicted molar refractivity (Wildman–Crippen MR) is 80.6 cm³/mol. The summed E-state index contributed by atoms with van der Waals surface area (Å²) in [5.41, 5.74) is 1.94. The molecule has 0 saturated carbocycles. The Morgan fingerprint density at radius 1 is 1.38 bits per heavy atom. The Hall–Kier alpha value is -2.14. The van der Waals surface area contributed by atoms with Crippen molar-refractivity contribution in [1.82, 2.24) is 15.1 Å². The monoisotopic (exact) mass is 287 g/mol. The Kier molecular flexibility index (Phi) is 5.51. The number of benzene rings is 1. The number of methoxy groups -OCH3 is 1. The first-order valence-corrected chi connectivity index (χ1v) is 7.12. The van der Waals surface area contributed by atoms with Crippen molar-refractivity contribution >= 4 is 5.97 Å². The van der Waals surface area contributed by atoms with E-state index < -0.39 is 6.04 Å². The number of aryl methyl sites for hydroxylation is 1. The summed E-state index contributed by atoms with van der Waals surface area (Å²) in [7, 11) is 1.40. The highest BCUT2D eigenvalue weighted by molar-refractivity contribution is 5.77. The third-order valence-electron chi connectivity index (χ3n) is 3.23. The minimum atomic E-state index is -0.499. The molecule has 2 aromatic rings. The van der Waals surface area contributed by atoms with E-state index in [1.54, 1.807) is 6.20 Å². The zero-order valence-electron chi connectivity index (χ0n) is 12.5. The average molecular weight is 287 g/mol. The molecule has 1 aromatic heterocycles.